The molecule has 1 aliphatic carbocycles. The number of carboxylic acids is 1. The molecule has 0 aromatic heterocycles. The average Bonchev–Trinajstić information content (AvgIpc) is 2.45. The summed E-state index contributed by atoms with van der Waals surface area (Å²) in [6.45, 7) is 1.53. The van der Waals surface area contributed by atoms with Crippen molar-refractivity contribution in [3.05, 3.63) is 0 Å². The van der Waals surface area contributed by atoms with E-state index in [1.807, 2.05) is 0 Å². The van der Waals surface area contributed by atoms with Crippen LogP contribution in [0, 0.1) is 5.92 Å². The maximum absolute atomic E-state index is 11.7. The molecular formula is C13H24N2O5S. The second-order valence-electron chi connectivity index (χ2n) is 5.35. The number of rotatable bonds is 7. The highest BCUT2D eigenvalue weighted by atomic mass is 32.2. The molecule has 0 aromatic rings. The van der Waals surface area contributed by atoms with Crippen LogP contribution in [-0.2, 0) is 14.6 Å². The number of amides is 2. The average molecular weight is 320 g/mol. The third-order valence-electron chi connectivity index (χ3n) is 3.81. The fourth-order valence-corrected chi connectivity index (χ4v) is 3.21. The van der Waals surface area contributed by atoms with Crippen LogP contribution >= 0.6 is 0 Å². The SMILES string of the molecule is CCS(=O)(=O)CCNC(=O)NC(C(=O)O)C1CCCCC1. The molecule has 1 atom stereocenters. The lowest BCUT2D eigenvalue weighted by Gasteiger charge is -2.28. The number of carbonyl (C=O) groups excluding carboxylic acids is 1. The van der Waals surface area contributed by atoms with E-state index in [2.05, 4.69) is 10.6 Å². The number of sulfone groups is 1. The first-order chi connectivity index (χ1) is 9.85. The molecule has 2 amide bonds. The predicted molar refractivity (Wildman–Crippen MR) is 78.9 cm³/mol. The molecule has 1 unspecified atom stereocenters. The minimum absolute atomic E-state index is 0.0149. The van der Waals surface area contributed by atoms with Gasteiger partial charge in [-0.05, 0) is 18.8 Å². The van der Waals surface area contributed by atoms with Crippen LogP contribution in [0.2, 0.25) is 0 Å². The smallest absolute Gasteiger partial charge is 0.326 e. The maximum Gasteiger partial charge on any atom is 0.326 e. The normalized spacial score (nSPS) is 18.0. The van der Waals surface area contributed by atoms with Crippen LogP contribution in [0.5, 0.6) is 0 Å². The molecule has 3 N–H and O–H groups in total. The van der Waals surface area contributed by atoms with Crippen LogP contribution in [0.25, 0.3) is 0 Å². The topological polar surface area (TPSA) is 113 Å². The van der Waals surface area contributed by atoms with Gasteiger partial charge in [0.25, 0.3) is 0 Å². The third kappa shape index (κ3) is 6.33. The first-order valence-electron chi connectivity index (χ1n) is 7.33. The third-order valence-corrected chi connectivity index (χ3v) is 5.52. The van der Waals surface area contributed by atoms with Crippen molar-refractivity contribution in [1.29, 1.82) is 0 Å². The van der Waals surface area contributed by atoms with Gasteiger partial charge in [0.05, 0.1) is 5.75 Å². The Bertz CT molecular complexity index is 457. The highest BCUT2D eigenvalue weighted by molar-refractivity contribution is 7.91. The van der Waals surface area contributed by atoms with Gasteiger partial charge in [-0.3, -0.25) is 0 Å². The summed E-state index contributed by atoms with van der Waals surface area (Å²) in [4.78, 5) is 23.0. The number of nitrogens with one attached hydrogen (secondary N) is 2. The minimum atomic E-state index is -3.14. The zero-order valence-corrected chi connectivity index (χ0v) is 13.1. The van der Waals surface area contributed by atoms with Crippen molar-refractivity contribution in [1.82, 2.24) is 10.6 Å². The summed E-state index contributed by atoms with van der Waals surface area (Å²) in [7, 11) is -3.14. The van der Waals surface area contributed by atoms with Gasteiger partial charge in [-0.2, -0.15) is 0 Å². The number of carbonyl (C=O) groups is 2. The summed E-state index contributed by atoms with van der Waals surface area (Å²) in [6.07, 6.45) is 4.64. The largest absolute Gasteiger partial charge is 0.480 e. The first kappa shape index (κ1) is 17.7. The van der Waals surface area contributed by atoms with Gasteiger partial charge >= 0.3 is 12.0 Å². The zero-order chi connectivity index (χ0) is 15.9. The van der Waals surface area contributed by atoms with Crippen molar-refractivity contribution in [2.75, 3.05) is 18.1 Å². The summed E-state index contributed by atoms with van der Waals surface area (Å²) in [5.74, 6) is -1.21. The van der Waals surface area contributed by atoms with Crippen LogP contribution in [0.15, 0.2) is 0 Å². The van der Waals surface area contributed by atoms with Crippen molar-refractivity contribution in [2.24, 2.45) is 5.92 Å². The fraction of sp³-hybridized carbons (Fsp3) is 0.846. The van der Waals surface area contributed by atoms with Crippen molar-refractivity contribution < 1.29 is 23.1 Å². The Hall–Kier alpha value is -1.31. The molecule has 8 heteroatoms. The molecule has 1 fully saturated rings. The van der Waals surface area contributed by atoms with Gasteiger partial charge in [-0.25, -0.2) is 18.0 Å². The minimum Gasteiger partial charge on any atom is -0.480 e. The van der Waals surface area contributed by atoms with Gasteiger partial charge in [0.2, 0.25) is 0 Å². The number of hydrogen-bond acceptors (Lipinski definition) is 4. The monoisotopic (exact) mass is 320 g/mol. The van der Waals surface area contributed by atoms with E-state index < -0.39 is 27.9 Å². The zero-order valence-electron chi connectivity index (χ0n) is 12.3. The standard InChI is InChI=1S/C13H24N2O5S/c1-2-21(19,20)9-8-14-13(18)15-11(12(16)17)10-6-4-3-5-7-10/h10-11H,2-9H2,1H3,(H,16,17)(H2,14,15,18). The Balaban J connectivity index is 2.44. The van der Waals surface area contributed by atoms with E-state index in [0.29, 0.717) is 0 Å². The summed E-state index contributed by atoms with van der Waals surface area (Å²) < 4.78 is 22.6. The van der Waals surface area contributed by atoms with E-state index in [1.165, 1.54) is 0 Å². The molecule has 1 aliphatic rings. The Labute approximate surface area is 125 Å². The van der Waals surface area contributed by atoms with Crippen molar-refractivity contribution in [2.45, 2.75) is 45.1 Å². The van der Waals surface area contributed by atoms with E-state index in [1.54, 1.807) is 6.92 Å². The fourth-order valence-electron chi connectivity index (χ4n) is 2.51. The van der Waals surface area contributed by atoms with Crippen molar-refractivity contribution in [3.63, 3.8) is 0 Å². The molecule has 0 heterocycles. The molecule has 1 saturated carbocycles. The molecular weight excluding hydrogens is 296 g/mol. The second-order valence-corrected chi connectivity index (χ2v) is 7.82. The summed E-state index contributed by atoms with van der Waals surface area (Å²) >= 11 is 0. The lowest BCUT2D eigenvalue weighted by atomic mass is 9.84. The quantitative estimate of drug-likeness (QED) is 0.641. The highest BCUT2D eigenvalue weighted by Crippen LogP contribution is 2.26. The Morgan fingerprint density at radius 3 is 2.38 bits per heavy atom. The second kappa shape index (κ2) is 8.21. The first-order valence-corrected chi connectivity index (χ1v) is 9.15. The predicted octanol–water partition coefficient (Wildman–Crippen LogP) is 0.754. The van der Waals surface area contributed by atoms with Gasteiger partial charge < -0.3 is 15.7 Å². The number of aliphatic carboxylic acids is 1. The van der Waals surface area contributed by atoms with Gasteiger partial charge in [0, 0.05) is 12.3 Å². The molecule has 1 rings (SSSR count). The number of carboxylic acid groups (broad SMARTS) is 1. The van der Waals surface area contributed by atoms with E-state index in [9.17, 15) is 23.1 Å². The molecule has 21 heavy (non-hydrogen) atoms. The van der Waals surface area contributed by atoms with E-state index in [-0.39, 0.29) is 24.0 Å². The van der Waals surface area contributed by atoms with Crippen LogP contribution < -0.4 is 10.6 Å². The van der Waals surface area contributed by atoms with Crippen LogP contribution in [0.4, 0.5) is 4.79 Å². The van der Waals surface area contributed by atoms with Crippen LogP contribution in [-0.4, -0.2) is 49.6 Å². The number of hydrogen-bond donors (Lipinski definition) is 3. The lowest BCUT2D eigenvalue weighted by Crippen LogP contribution is -2.50. The molecule has 0 aliphatic heterocycles. The Morgan fingerprint density at radius 2 is 1.86 bits per heavy atom. The van der Waals surface area contributed by atoms with Crippen molar-refractivity contribution in [3.8, 4) is 0 Å². The summed E-state index contributed by atoms with van der Waals surface area (Å²) in [5.41, 5.74) is 0. The Kier molecular flexibility index (Phi) is 6.94. The Morgan fingerprint density at radius 1 is 1.24 bits per heavy atom. The molecule has 122 valence electrons. The van der Waals surface area contributed by atoms with Gasteiger partial charge in [0.15, 0.2) is 9.84 Å². The van der Waals surface area contributed by atoms with Gasteiger partial charge in [0.1, 0.15) is 6.04 Å². The molecule has 7 nitrogen and oxygen atoms in total. The lowest BCUT2D eigenvalue weighted by molar-refractivity contribution is -0.141. The molecule has 0 radical (unpaired) electrons. The molecule has 0 saturated heterocycles. The van der Waals surface area contributed by atoms with Crippen LogP contribution in [0.3, 0.4) is 0 Å². The van der Waals surface area contributed by atoms with E-state index >= 15 is 0 Å². The highest BCUT2D eigenvalue weighted by Gasteiger charge is 2.30. The van der Waals surface area contributed by atoms with Crippen LogP contribution in [0.1, 0.15) is 39.0 Å². The van der Waals surface area contributed by atoms with Crippen molar-refractivity contribution >= 4 is 21.8 Å². The summed E-state index contributed by atoms with van der Waals surface area (Å²) in [5, 5.41) is 14.1. The number of urea groups is 1. The van der Waals surface area contributed by atoms with E-state index in [4.69, 9.17) is 0 Å². The van der Waals surface area contributed by atoms with E-state index in [0.717, 1.165) is 32.1 Å². The maximum atomic E-state index is 11.7. The molecule has 0 aromatic carbocycles. The van der Waals surface area contributed by atoms with Gasteiger partial charge in [-0.15, -0.1) is 0 Å². The molecule has 0 bridgehead atoms. The van der Waals surface area contributed by atoms with Gasteiger partial charge in [-0.1, -0.05) is 26.2 Å². The summed E-state index contributed by atoms with van der Waals surface area (Å²) in [6, 6.07) is -1.53. The molecule has 0 spiro atoms.